The van der Waals surface area contributed by atoms with E-state index in [0.717, 1.165) is 28.1 Å². The maximum Gasteiger partial charge on any atom is 0.120 e. The maximum atomic E-state index is 6.15. The van der Waals surface area contributed by atoms with Gasteiger partial charge in [0, 0.05) is 21.8 Å². The van der Waals surface area contributed by atoms with Crippen LogP contribution in [0, 0.1) is 6.92 Å². The van der Waals surface area contributed by atoms with Gasteiger partial charge in [-0.1, -0.05) is 59.6 Å². The summed E-state index contributed by atoms with van der Waals surface area (Å²) in [6.07, 6.45) is 1.81. The molecule has 3 rings (SSSR count). The zero-order valence-electron chi connectivity index (χ0n) is 13.7. The van der Waals surface area contributed by atoms with Gasteiger partial charge in [-0.3, -0.25) is 4.99 Å². The lowest BCUT2D eigenvalue weighted by Crippen LogP contribution is -1.96. The molecular formula is C21H17Cl2NO. The summed E-state index contributed by atoms with van der Waals surface area (Å²) in [7, 11) is 0. The van der Waals surface area contributed by atoms with Gasteiger partial charge in [-0.15, -0.1) is 0 Å². The van der Waals surface area contributed by atoms with Gasteiger partial charge < -0.3 is 4.74 Å². The topological polar surface area (TPSA) is 21.6 Å². The van der Waals surface area contributed by atoms with Crippen molar-refractivity contribution in [1.29, 1.82) is 0 Å². The van der Waals surface area contributed by atoms with Gasteiger partial charge in [0.1, 0.15) is 12.4 Å². The minimum absolute atomic E-state index is 0.424. The largest absolute Gasteiger partial charge is 0.489 e. The summed E-state index contributed by atoms with van der Waals surface area (Å²) in [6.45, 7) is 2.43. The summed E-state index contributed by atoms with van der Waals surface area (Å²) in [5.74, 6) is 0.770. The first kappa shape index (κ1) is 17.5. The predicted molar refractivity (Wildman–Crippen MR) is 106 cm³/mol. The highest BCUT2D eigenvalue weighted by molar-refractivity contribution is 6.31. The van der Waals surface area contributed by atoms with E-state index in [1.54, 1.807) is 6.21 Å². The Morgan fingerprint density at radius 1 is 0.960 bits per heavy atom. The van der Waals surface area contributed by atoms with Crippen LogP contribution in [0.1, 0.15) is 16.7 Å². The molecule has 25 heavy (non-hydrogen) atoms. The first-order valence-corrected chi connectivity index (χ1v) is 8.64. The minimum atomic E-state index is 0.424. The number of ether oxygens (including phenoxy) is 1. The third-order valence-electron chi connectivity index (χ3n) is 3.73. The van der Waals surface area contributed by atoms with Gasteiger partial charge >= 0.3 is 0 Å². The number of aryl methyl sites for hydroxylation is 1. The summed E-state index contributed by atoms with van der Waals surface area (Å²) >= 11 is 12.2. The molecular weight excluding hydrogens is 353 g/mol. The number of benzene rings is 3. The predicted octanol–water partition coefficient (Wildman–Crippen LogP) is 6.63. The first-order valence-electron chi connectivity index (χ1n) is 7.88. The Balaban J connectivity index is 1.72. The molecule has 0 radical (unpaired) electrons. The number of aliphatic imine (C=N–C) groups is 1. The molecule has 0 aliphatic rings. The normalized spacial score (nSPS) is 11.0. The van der Waals surface area contributed by atoms with Crippen molar-refractivity contribution >= 4 is 35.1 Å². The summed E-state index contributed by atoms with van der Waals surface area (Å²) in [6, 6.07) is 21.1. The molecule has 0 aromatic heterocycles. The maximum absolute atomic E-state index is 6.15. The number of halogens is 2. The monoisotopic (exact) mass is 369 g/mol. The molecule has 0 amide bonds. The van der Waals surface area contributed by atoms with Crippen molar-refractivity contribution in [2.24, 2.45) is 4.99 Å². The molecule has 0 saturated carbocycles. The Bertz CT molecular complexity index is 906. The highest BCUT2D eigenvalue weighted by atomic mass is 35.5. The van der Waals surface area contributed by atoms with E-state index in [-0.39, 0.29) is 0 Å². The Labute approximate surface area is 157 Å². The summed E-state index contributed by atoms with van der Waals surface area (Å²) in [5, 5.41) is 1.38. The minimum Gasteiger partial charge on any atom is -0.489 e. The average molecular weight is 370 g/mol. The van der Waals surface area contributed by atoms with Gasteiger partial charge in [0.05, 0.1) is 5.69 Å². The van der Waals surface area contributed by atoms with Gasteiger partial charge in [0.25, 0.3) is 0 Å². The van der Waals surface area contributed by atoms with E-state index < -0.39 is 0 Å². The quantitative estimate of drug-likeness (QED) is 0.462. The van der Waals surface area contributed by atoms with Gasteiger partial charge in [-0.25, -0.2) is 0 Å². The molecule has 0 aliphatic carbocycles. The van der Waals surface area contributed by atoms with Crippen molar-refractivity contribution in [2.75, 3.05) is 0 Å². The second kappa shape index (κ2) is 8.19. The lowest BCUT2D eigenvalue weighted by molar-refractivity contribution is 0.306. The van der Waals surface area contributed by atoms with E-state index in [2.05, 4.69) is 4.99 Å². The third kappa shape index (κ3) is 4.85. The molecule has 3 aromatic carbocycles. The van der Waals surface area contributed by atoms with Crippen LogP contribution in [0.15, 0.2) is 71.7 Å². The molecule has 0 fully saturated rings. The number of rotatable bonds is 5. The van der Waals surface area contributed by atoms with Crippen molar-refractivity contribution < 1.29 is 4.74 Å². The fourth-order valence-electron chi connectivity index (χ4n) is 2.33. The second-order valence-electron chi connectivity index (χ2n) is 5.64. The van der Waals surface area contributed by atoms with Crippen LogP contribution in [0.2, 0.25) is 10.0 Å². The molecule has 0 atom stereocenters. The Morgan fingerprint density at radius 3 is 2.64 bits per heavy atom. The van der Waals surface area contributed by atoms with Crippen molar-refractivity contribution in [3.63, 3.8) is 0 Å². The summed E-state index contributed by atoms with van der Waals surface area (Å²) < 4.78 is 5.84. The van der Waals surface area contributed by atoms with Crippen molar-refractivity contribution in [2.45, 2.75) is 13.5 Å². The standard InChI is InChI=1S/C21H17Cl2NO/c1-15-9-10-18(22)12-21(15)24-13-16-5-4-7-19(11-16)25-14-17-6-2-3-8-20(17)23/h2-13H,14H2,1H3. The number of hydrogen-bond acceptors (Lipinski definition) is 2. The van der Waals surface area contributed by atoms with Gasteiger partial charge in [-0.05, 0) is 48.4 Å². The van der Waals surface area contributed by atoms with Gasteiger partial charge in [-0.2, -0.15) is 0 Å². The fourth-order valence-corrected chi connectivity index (χ4v) is 2.68. The Kier molecular flexibility index (Phi) is 5.75. The van der Waals surface area contributed by atoms with Crippen molar-refractivity contribution in [3.8, 4) is 5.75 Å². The summed E-state index contributed by atoms with van der Waals surface area (Å²) in [5.41, 5.74) is 3.84. The summed E-state index contributed by atoms with van der Waals surface area (Å²) in [4.78, 5) is 4.52. The Morgan fingerprint density at radius 2 is 1.80 bits per heavy atom. The van der Waals surface area contributed by atoms with E-state index in [9.17, 15) is 0 Å². The van der Waals surface area contributed by atoms with E-state index in [0.29, 0.717) is 16.7 Å². The van der Waals surface area contributed by atoms with Crippen LogP contribution >= 0.6 is 23.2 Å². The van der Waals surface area contributed by atoms with E-state index in [4.69, 9.17) is 27.9 Å². The lowest BCUT2D eigenvalue weighted by atomic mass is 10.2. The van der Waals surface area contributed by atoms with Crippen LogP contribution in [0.25, 0.3) is 0 Å². The molecule has 0 spiro atoms. The third-order valence-corrected chi connectivity index (χ3v) is 4.34. The molecule has 0 saturated heterocycles. The number of nitrogens with zero attached hydrogens (tertiary/aromatic N) is 1. The van der Waals surface area contributed by atoms with Crippen LogP contribution < -0.4 is 4.74 Å². The molecule has 126 valence electrons. The van der Waals surface area contributed by atoms with Crippen LogP contribution in [-0.2, 0) is 6.61 Å². The van der Waals surface area contributed by atoms with E-state index >= 15 is 0 Å². The van der Waals surface area contributed by atoms with Crippen molar-refractivity contribution in [3.05, 3.63) is 93.5 Å². The SMILES string of the molecule is Cc1ccc(Cl)cc1N=Cc1cccc(OCc2ccccc2Cl)c1. The van der Waals surface area contributed by atoms with E-state index in [1.807, 2.05) is 73.7 Å². The second-order valence-corrected chi connectivity index (χ2v) is 6.49. The van der Waals surface area contributed by atoms with Crippen molar-refractivity contribution in [1.82, 2.24) is 0 Å². The van der Waals surface area contributed by atoms with Crippen LogP contribution in [-0.4, -0.2) is 6.21 Å². The molecule has 0 heterocycles. The zero-order chi connectivity index (χ0) is 17.6. The molecule has 3 aromatic rings. The average Bonchev–Trinajstić information content (AvgIpc) is 2.62. The highest BCUT2D eigenvalue weighted by Gasteiger charge is 2.01. The smallest absolute Gasteiger partial charge is 0.120 e. The van der Waals surface area contributed by atoms with Crippen LogP contribution in [0.3, 0.4) is 0 Å². The molecule has 0 aliphatic heterocycles. The fraction of sp³-hybridized carbons (Fsp3) is 0.0952. The molecule has 2 nitrogen and oxygen atoms in total. The highest BCUT2D eigenvalue weighted by Crippen LogP contribution is 2.23. The number of hydrogen-bond donors (Lipinski definition) is 0. The lowest BCUT2D eigenvalue weighted by Gasteiger charge is -2.08. The van der Waals surface area contributed by atoms with Gasteiger partial charge in [0.2, 0.25) is 0 Å². The van der Waals surface area contributed by atoms with Gasteiger partial charge in [0.15, 0.2) is 0 Å². The van der Waals surface area contributed by atoms with Crippen LogP contribution in [0.4, 0.5) is 5.69 Å². The Hall–Kier alpha value is -2.29. The first-order chi connectivity index (χ1) is 12.1. The van der Waals surface area contributed by atoms with E-state index in [1.165, 1.54) is 0 Å². The van der Waals surface area contributed by atoms with Crippen LogP contribution in [0.5, 0.6) is 5.75 Å². The molecule has 4 heteroatoms. The zero-order valence-corrected chi connectivity index (χ0v) is 15.3. The molecule has 0 bridgehead atoms. The molecule has 0 unspecified atom stereocenters. The molecule has 0 N–H and O–H groups in total.